The van der Waals surface area contributed by atoms with Crippen LogP contribution in [0.3, 0.4) is 0 Å². The smallest absolute Gasteiger partial charge is 0.273 e. The van der Waals surface area contributed by atoms with Gasteiger partial charge in [-0.05, 0) is 31.4 Å². The summed E-state index contributed by atoms with van der Waals surface area (Å²) in [6.45, 7) is 3.60. The number of hydrogen-bond donors (Lipinski definition) is 2. The minimum Gasteiger partial charge on any atom is -0.356 e. The Morgan fingerprint density at radius 1 is 1.18 bits per heavy atom. The molecule has 1 aromatic carbocycles. The number of rotatable bonds is 7. The van der Waals surface area contributed by atoms with Crippen LogP contribution in [0.1, 0.15) is 26.2 Å². The molecule has 3 heterocycles. The number of amides is 2. The first-order valence-corrected chi connectivity index (χ1v) is 11.8. The quantitative estimate of drug-likeness (QED) is 0.527. The minimum atomic E-state index is -0.821. The number of hydrogen-bond acceptors (Lipinski definition) is 7. The summed E-state index contributed by atoms with van der Waals surface area (Å²) in [4.78, 5) is 48.1. The minimum absolute atomic E-state index is 0.0300. The Hall–Kier alpha value is -3.41. The first kappa shape index (κ1) is 23.7. The van der Waals surface area contributed by atoms with Crippen LogP contribution in [0.15, 0.2) is 29.3 Å². The van der Waals surface area contributed by atoms with Crippen molar-refractivity contribution >= 4 is 44.3 Å². The fraction of sp³-hybridized carbons (Fsp3) is 0.409. The molecule has 4 rings (SSSR count). The molecule has 2 N–H and O–H groups in total. The highest BCUT2D eigenvalue weighted by atomic mass is 32.1. The molecule has 0 atom stereocenters. The molecule has 0 bridgehead atoms. The van der Waals surface area contributed by atoms with E-state index in [1.165, 1.54) is 17.7 Å². The maximum Gasteiger partial charge on any atom is 0.273 e. The number of anilines is 2. The van der Waals surface area contributed by atoms with Crippen molar-refractivity contribution in [3.05, 3.63) is 46.5 Å². The molecule has 1 fully saturated rings. The van der Waals surface area contributed by atoms with Gasteiger partial charge in [0, 0.05) is 37.3 Å². The third kappa shape index (κ3) is 5.38. The van der Waals surface area contributed by atoms with Crippen LogP contribution in [0.2, 0.25) is 0 Å². The van der Waals surface area contributed by atoms with Crippen LogP contribution >= 0.6 is 11.3 Å². The van der Waals surface area contributed by atoms with Crippen molar-refractivity contribution in [2.24, 2.45) is 5.92 Å². The number of aromatic nitrogens is 3. The molecule has 0 spiro atoms. The molecule has 1 saturated heterocycles. The lowest BCUT2D eigenvalue weighted by atomic mass is 9.96. The maximum atomic E-state index is 13.3. The first-order chi connectivity index (χ1) is 16.3. The second kappa shape index (κ2) is 10.2. The van der Waals surface area contributed by atoms with Crippen LogP contribution in [0.5, 0.6) is 0 Å². The summed E-state index contributed by atoms with van der Waals surface area (Å²) in [5, 5.41) is 5.95. The summed E-state index contributed by atoms with van der Waals surface area (Å²) in [6, 6.07) is 2.66. The molecular weight excluding hydrogens is 466 g/mol. The van der Waals surface area contributed by atoms with Gasteiger partial charge in [0.1, 0.15) is 29.2 Å². The zero-order valence-electron chi connectivity index (χ0n) is 18.5. The number of halogens is 2. The lowest BCUT2D eigenvalue weighted by Gasteiger charge is -2.30. The third-order valence-corrected chi connectivity index (χ3v) is 6.61. The van der Waals surface area contributed by atoms with E-state index in [1.807, 2.05) is 11.8 Å². The van der Waals surface area contributed by atoms with Crippen molar-refractivity contribution in [2.45, 2.75) is 32.7 Å². The number of piperidine rings is 1. The van der Waals surface area contributed by atoms with Gasteiger partial charge in [0.05, 0.1) is 0 Å². The van der Waals surface area contributed by atoms with Crippen LogP contribution < -0.4 is 21.1 Å². The van der Waals surface area contributed by atoms with Gasteiger partial charge < -0.3 is 15.5 Å². The van der Waals surface area contributed by atoms with Crippen molar-refractivity contribution in [1.29, 1.82) is 0 Å². The average molecular weight is 491 g/mol. The van der Waals surface area contributed by atoms with Crippen LogP contribution in [0.4, 0.5) is 19.6 Å². The summed E-state index contributed by atoms with van der Waals surface area (Å²) in [6.07, 6.45) is 3.52. The van der Waals surface area contributed by atoms with Gasteiger partial charge in [-0.15, -0.1) is 0 Å². The summed E-state index contributed by atoms with van der Waals surface area (Å²) in [5.41, 5.74) is -0.184. The van der Waals surface area contributed by atoms with Crippen LogP contribution in [-0.4, -0.2) is 46.0 Å². The molecule has 1 aliphatic heterocycles. The Morgan fingerprint density at radius 3 is 2.56 bits per heavy atom. The largest absolute Gasteiger partial charge is 0.356 e. The van der Waals surface area contributed by atoms with E-state index in [-0.39, 0.29) is 29.7 Å². The van der Waals surface area contributed by atoms with Gasteiger partial charge in [-0.3, -0.25) is 19.0 Å². The number of carbonyl (C=O) groups excluding carboxylic acids is 2. The summed E-state index contributed by atoms with van der Waals surface area (Å²) in [5.74, 6) is -2.22. The normalized spacial score (nSPS) is 14.4. The fourth-order valence-electron chi connectivity index (χ4n) is 3.79. The highest BCUT2D eigenvalue weighted by Gasteiger charge is 2.26. The van der Waals surface area contributed by atoms with E-state index < -0.39 is 23.1 Å². The van der Waals surface area contributed by atoms with E-state index in [0.717, 1.165) is 23.1 Å². The van der Waals surface area contributed by atoms with E-state index in [4.69, 9.17) is 0 Å². The molecule has 0 unspecified atom stereocenters. The van der Waals surface area contributed by atoms with Gasteiger partial charge in [-0.2, -0.15) is 4.98 Å². The molecular formula is C22H24F2N6O3S. The Bertz CT molecular complexity index is 1250. The van der Waals surface area contributed by atoms with Crippen molar-refractivity contribution in [3.8, 4) is 0 Å². The Labute approximate surface area is 197 Å². The lowest BCUT2D eigenvalue weighted by molar-refractivity contribution is -0.125. The molecule has 0 radical (unpaired) electrons. The Morgan fingerprint density at radius 2 is 1.88 bits per heavy atom. The topological polar surface area (TPSA) is 109 Å². The predicted octanol–water partition coefficient (Wildman–Crippen LogP) is 2.51. The Kier molecular flexibility index (Phi) is 7.15. The molecule has 0 saturated carbocycles. The second-order valence-electron chi connectivity index (χ2n) is 8.09. The van der Waals surface area contributed by atoms with E-state index in [1.54, 1.807) is 0 Å². The highest BCUT2D eigenvalue weighted by molar-refractivity contribution is 7.22. The average Bonchev–Trinajstić information content (AvgIpc) is 3.24. The van der Waals surface area contributed by atoms with Crippen molar-refractivity contribution in [3.63, 3.8) is 0 Å². The molecule has 2 amide bonds. The van der Waals surface area contributed by atoms with Crippen LogP contribution in [0.25, 0.3) is 10.3 Å². The van der Waals surface area contributed by atoms with Gasteiger partial charge in [-0.25, -0.2) is 13.8 Å². The van der Waals surface area contributed by atoms with E-state index in [9.17, 15) is 23.2 Å². The molecule has 0 aliphatic carbocycles. The summed E-state index contributed by atoms with van der Waals surface area (Å²) >= 11 is 1.19. The zero-order valence-corrected chi connectivity index (χ0v) is 19.3. The maximum absolute atomic E-state index is 13.3. The highest BCUT2D eigenvalue weighted by Crippen LogP contribution is 2.29. The molecule has 180 valence electrons. The van der Waals surface area contributed by atoms with Crippen molar-refractivity contribution in [2.75, 3.05) is 29.9 Å². The number of carbonyl (C=O) groups is 2. The molecule has 3 aromatic rings. The number of fused-ring (bicyclic) bond motifs is 1. The van der Waals surface area contributed by atoms with Crippen LogP contribution in [0, 0.1) is 17.6 Å². The zero-order chi connectivity index (χ0) is 24.2. The third-order valence-electron chi connectivity index (χ3n) is 5.52. The Balaban J connectivity index is 1.43. The van der Waals surface area contributed by atoms with E-state index in [0.29, 0.717) is 48.4 Å². The van der Waals surface area contributed by atoms with Gasteiger partial charge >= 0.3 is 0 Å². The van der Waals surface area contributed by atoms with E-state index in [2.05, 4.69) is 20.6 Å². The molecule has 34 heavy (non-hydrogen) atoms. The van der Waals surface area contributed by atoms with Gasteiger partial charge in [0.25, 0.3) is 5.56 Å². The van der Waals surface area contributed by atoms with Gasteiger partial charge in [-0.1, -0.05) is 18.3 Å². The lowest BCUT2D eigenvalue weighted by Crippen LogP contribution is -2.40. The number of thiazole rings is 1. The second-order valence-corrected chi connectivity index (χ2v) is 9.06. The number of benzene rings is 1. The SMILES string of the molecule is CCCNC(=O)C1CCN(c2nc3ncn(CC(=O)Nc4cc(F)cc(F)c4)c(=O)c3s2)CC1. The molecule has 9 nitrogen and oxygen atoms in total. The summed E-state index contributed by atoms with van der Waals surface area (Å²) in [7, 11) is 0. The monoisotopic (exact) mass is 490 g/mol. The van der Waals surface area contributed by atoms with Gasteiger partial charge in [0.2, 0.25) is 11.8 Å². The molecule has 12 heteroatoms. The first-order valence-electron chi connectivity index (χ1n) is 11.0. The van der Waals surface area contributed by atoms with E-state index >= 15 is 0 Å². The van der Waals surface area contributed by atoms with Crippen molar-refractivity contribution < 1.29 is 18.4 Å². The molecule has 2 aromatic heterocycles. The number of nitrogens with zero attached hydrogens (tertiary/aromatic N) is 4. The fourth-order valence-corrected chi connectivity index (χ4v) is 4.81. The number of nitrogens with one attached hydrogen (secondary N) is 2. The standard InChI is InChI=1S/C22H24F2N6O3S/c1-2-5-25-20(32)13-3-6-29(7-4-13)22-28-19-18(34-22)21(33)30(12-26-19)11-17(31)27-16-9-14(23)8-15(24)10-16/h8-10,12-13H,2-7,11H2,1H3,(H,25,32)(H,27,31). The predicted molar refractivity (Wildman–Crippen MR) is 125 cm³/mol. The molecule has 1 aliphatic rings. The van der Waals surface area contributed by atoms with Gasteiger partial charge in [0.15, 0.2) is 10.8 Å². The summed E-state index contributed by atoms with van der Waals surface area (Å²) < 4.78 is 28.1. The van der Waals surface area contributed by atoms with Crippen molar-refractivity contribution in [1.82, 2.24) is 19.9 Å². The van der Waals surface area contributed by atoms with Crippen LogP contribution in [-0.2, 0) is 16.1 Å².